The Bertz CT molecular complexity index is 378. The molecule has 3 aliphatic carbocycles. The van der Waals surface area contributed by atoms with Gasteiger partial charge in [0, 0.05) is 5.92 Å². The highest BCUT2D eigenvalue weighted by molar-refractivity contribution is 6.33. The molecule has 4 nitrogen and oxygen atoms in total. The molecule has 0 aromatic rings. The number of aliphatic carboxylic acids is 1. The van der Waals surface area contributed by atoms with Crippen molar-refractivity contribution >= 4 is 11.8 Å². The van der Waals surface area contributed by atoms with Crippen LogP contribution >= 0.6 is 0 Å². The third kappa shape index (κ3) is 1.79. The highest BCUT2D eigenvalue weighted by Gasteiger charge is 2.52. The third-order valence-corrected chi connectivity index (χ3v) is 5.04. The van der Waals surface area contributed by atoms with E-state index >= 15 is 0 Å². The number of aliphatic hydroxyl groups is 1. The molecule has 0 radical (unpaired) electrons. The molecule has 4 heteroatoms. The van der Waals surface area contributed by atoms with E-state index in [1.807, 2.05) is 0 Å². The second-order valence-corrected chi connectivity index (χ2v) is 6.30. The average Bonchev–Trinajstić information content (AvgIpc) is 2.45. The van der Waals surface area contributed by atoms with E-state index in [4.69, 9.17) is 5.11 Å². The summed E-state index contributed by atoms with van der Waals surface area (Å²) in [6, 6.07) is 0. The lowest BCUT2D eigenvalue weighted by Crippen LogP contribution is -2.39. The Labute approximate surface area is 100 Å². The first-order valence-corrected chi connectivity index (χ1v) is 6.46. The van der Waals surface area contributed by atoms with Crippen molar-refractivity contribution in [3.8, 4) is 0 Å². The molecule has 3 saturated carbocycles. The van der Waals surface area contributed by atoms with Gasteiger partial charge in [0.15, 0.2) is 0 Å². The highest BCUT2D eigenvalue weighted by atomic mass is 16.4. The minimum absolute atomic E-state index is 0.363. The van der Waals surface area contributed by atoms with Crippen LogP contribution in [0, 0.1) is 23.7 Å². The monoisotopic (exact) mass is 238 g/mol. The summed E-state index contributed by atoms with van der Waals surface area (Å²) in [5.74, 6) is -0.924. The fourth-order valence-electron chi connectivity index (χ4n) is 4.60. The van der Waals surface area contributed by atoms with E-state index in [2.05, 4.69) is 0 Å². The molecule has 0 spiro atoms. The summed E-state index contributed by atoms with van der Waals surface area (Å²) in [6.45, 7) is 0. The zero-order valence-corrected chi connectivity index (χ0v) is 9.76. The summed E-state index contributed by atoms with van der Waals surface area (Å²) in [5, 5.41) is 19.4. The molecule has 0 amide bonds. The fraction of sp³-hybridized carbons (Fsp3) is 0.846. The first-order valence-electron chi connectivity index (χ1n) is 6.46. The predicted octanol–water partition coefficient (Wildman–Crippen LogP) is 1.22. The van der Waals surface area contributed by atoms with Crippen molar-refractivity contribution in [3.63, 3.8) is 0 Å². The van der Waals surface area contributed by atoms with Gasteiger partial charge in [-0.05, 0) is 56.3 Å². The number of ketones is 1. The third-order valence-electron chi connectivity index (χ3n) is 5.04. The topological polar surface area (TPSA) is 74.6 Å². The number of hydrogen-bond donors (Lipinski definition) is 2. The van der Waals surface area contributed by atoms with Crippen LogP contribution in [0.3, 0.4) is 0 Å². The quantitative estimate of drug-likeness (QED) is 0.709. The van der Waals surface area contributed by atoms with Crippen molar-refractivity contribution < 1.29 is 19.8 Å². The van der Waals surface area contributed by atoms with Crippen molar-refractivity contribution in [2.45, 2.75) is 44.1 Å². The molecule has 3 bridgehead atoms. The Morgan fingerprint density at radius 2 is 1.71 bits per heavy atom. The van der Waals surface area contributed by atoms with E-state index in [0.29, 0.717) is 30.6 Å². The summed E-state index contributed by atoms with van der Waals surface area (Å²) < 4.78 is 0. The predicted molar refractivity (Wildman–Crippen MR) is 59.3 cm³/mol. The van der Waals surface area contributed by atoms with Gasteiger partial charge in [0.1, 0.15) is 0 Å². The number of rotatable bonds is 2. The van der Waals surface area contributed by atoms with E-state index in [0.717, 1.165) is 19.3 Å². The molecular weight excluding hydrogens is 220 g/mol. The molecule has 0 heterocycles. The van der Waals surface area contributed by atoms with Crippen molar-refractivity contribution in [1.82, 2.24) is 0 Å². The maximum absolute atomic E-state index is 11.6. The molecular formula is C13H18O4. The molecule has 2 N–H and O–H groups in total. The number of Topliss-reactive ketones (excluding diaryl/α,β-unsaturated/α-hetero) is 1. The molecule has 94 valence electrons. The van der Waals surface area contributed by atoms with Crippen LogP contribution in [0.1, 0.15) is 38.5 Å². The number of fused-ring (bicyclic) bond motifs is 2. The highest BCUT2D eigenvalue weighted by Crippen LogP contribution is 2.56. The maximum Gasteiger partial charge on any atom is 0.372 e. The number of carboxylic acid groups (broad SMARTS) is 1. The van der Waals surface area contributed by atoms with Crippen LogP contribution < -0.4 is 0 Å². The van der Waals surface area contributed by atoms with Crippen LogP contribution in [0.15, 0.2) is 0 Å². The first-order chi connectivity index (χ1) is 7.97. The molecule has 0 aromatic carbocycles. The SMILES string of the molecule is O=C(O)C(=O)C1CC2CC3CC2CC(O)(C3)C1. The summed E-state index contributed by atoms with van der Waals surface area (Å²) in [7, 11) is 0. The van der Waals surface area contributed by atoms with Crippen molar-refractivity contribution in [2.24, 2.45) is 23.7 Å². The lowest BCUT2D eigenvalue weighted by atomic mass is 9.74. The van der Waals surface area contributed by atoms with Crippen LogP contribution in [0.2, 0.25) is 0 Å². The largest absolute Gasteiger partial charge is 0.475 e. The first kappa shape index (κ1) is 11.2. The molecule has 0 aromatic heterocycles. The Kier molecular flexibility index (Phi) is 2.34. The number of hydrogen-bond acceptors (Lipinski definition) is 3. The van der Waals surface area contributed by atoms with Crippen LogP contribution in [-0.2, 0) is 9.59 Å². The summed E-state index contributed by atoms with van der Waals surface area (Å²) in [5.41, 5.74) is -0.769. The Hall–Kier alpha value is -0.900. The molecule has 3 aliphatic rings. The van der Waals surface area contributed by atoms with Gasteiger partial charge >= 0.3 is 5.97 Å². The molecule has 5 atom stereocenters. The van der Waals surface area contributed by atoms with E-state index in [1.54, 1.807) is 0 Å². The van der Waals surface area contributed by atoms with Gasteiger partial charge in [0.2, 0.25) is 5.78 Å². The maximum atomic E-state index is 11.6. The van der Waals surface area contributed by atoms with Gasteiger partial charge in [-0.25, -0.2) is 4.79 Å². The van der Waals surface area contributed by atoms with Gasteiger partial charge in [0.25, 0.3) is 0 Å². The van der Waals surface area contributed by atoms with Gasteiger partial charge in [-0.1, -0.05) is 0 Å². The second kappa shape index (κ2) is 3.55. The van der Waals surface area contributed by atoms with E-state index in [1.165, 1.54) is 6.42 Å². The molecule has 3 fully saturated rings. The van der Waals surface area contributed by atoms with Crippen molar-refractivity contribution in [3.05, 3.63) is 0 Å². The van der Waals surface area contributed by atoms with Crippen LogP contribution in [0.25, 0.3) is 0 Å². The van der Waals surface area contributed by atoms with Crippen LogP contribution in [0.4, 0.5) is 0 Å². The lowest BCUT2D eigenvalue weighted by molar-refractivity contribution is -0.152. The van der Waals surface area contributed by atoms with Gasteiger partial charge < -0.3 is 10.2 Å². The van der Waals surface area contributed by atoms with Gasteiger partial charge in [-0.2, -0.15) is 0 Å². The molecule has 3 rings (SSSR count). The molecule has 0 aliphatic heterocycles. The standard InChI is InChI=1S/C13H18O4/c14-11(12(15)16)10-3-8-1-7-2-9(8)5-13(17,4-7)6-10/h7-10,17H,1-6H2,(H,15,16). The van der Waals surface area contributed by atoms with Crippen LogP contribution in [-0.4, -0.2) is 27.6 Å². The Morgan fingerprint density at radius 1 is 1.00 bits per heavy atom. The minimum atomic E-state index is -1.34. The fourth-order valence-corrected chi connectivity index (χ4v) is 4.60. The van der Waals surface area contributed by atoms with E-state index < -0.39 is 23.3 Å². The number of carbonyl (C=O) groups is 2. The lowest BCUT2D eigenvalue weighted by Gasteiger charge is -2.36. The van der Waals surface area contributed by atoms with Crippen LogP contribution in [0.5, 0.6) is 0 Å². The van der Waals surface area contributed by atoms with E-state index in [-0.39, 0.29) is 0 Å². The van der Waals surface area contributed by atoms with Crippen molar-refractivity contribution in [1.29, 1.82) is 0 Å². The summed E-state index contributed by atoms with van der Waals surface area (Å²) in [4.78, 5) is 22.4. The Balaban J connectivity index is 1.87. The minimum Gasteiger partial charge on any atom is -0.475 e. The zero-order valence-electron chi connectivity index (χ0n) is 9.76. The molecule has 0 saturated heterocycles. The molecule has 5 unspecified atom stereocenters. The van der Waals surface area contributed by atoms with Gasteiger partial charge in [-0.3, -0.25) is 4.79 Å². The van der Waals surface area contributed by atoms with Crippen molar-refractivity contribution in [2.75, 3.05) is 0 Å². The number of carboxylic acids is 1. The second-order valence-electron chi connectivity index (χ2n) is 6.30. The summed E-state index contributed by atoms with van der Waals surface area (Å²) in [6.07, 6.45) is 4.83. The smallest absolute Gasteiger partial charge is 0.372 e. The zero-order chi connectivity index (χ0) is 12.2. The average molecular weight is 238 g/mol. The normalized spacial score (nSPS) is 47.8. The van der Waals surface area contributed by atoms with E-state index in [9.17, 15) is 14.7 Å². The molecule has 17 heavy (non-hydrogen) atoms. The Morgan fingerprint density at radius 3 is 2.41 bits per heavy atom. The van der Waals surface area contributed by atoms with Gasteiger partial charge in [0.05, 0.1) is 5.60 Å². The summed E-state index contributed by atoms with van der Waals surface area (Å²) >= 11 is 0. The number of carbonyl (C=O) groups excluding carboxylic acids is 1. The van der Waals surface area contributed by atoms with Gasteiger partial charge in [-0.15, -0.1) is 0 Å².